The number of amides is 1. The van der Waals surface area contributed by atoms with Gasteiger partial charge in [0.15, 0.2) is 11.5 Å². The average Bonchev–Trinajstić information content (AvgIpc) is 2.67. The summed E-state index contributed by atoms with van der Waals surface area (Å²) in [6.07, 6.45) is 4.76. The maximum Gasteiger partial charge on any atom is 0.255 e. The van der Waals surface area contributed by atoms with Crippen LogP contribution in [0.25, 0.3) is 6.08 Å². The Labute approximate surface area is 147 Å². The molecule has 0 radical (unpaired) electrons. The SMILES string of the molecule is COc1ccccc1C(=O)NCC/C=C/c1ccc2c(c1)OCCO2. The van der Waals surface area contributed by atoms with Crippen molar-refractivity contribution in [2.75, 3.05) is 26.9 Å². The lowest BCUT2D eigenvalue weighted by molar-refractivity contribution is 0.0951. The molecule has 1 heterocycles. The first-order valence-electron chi connectivity index (χ1n) is 8.25. The summed E-state index contributed by atoms with van der Waals surface area (Å²) in [5, 5.41) is 2.89. The van der Waals surface area contributed by atoms with Crippen LogP contribution < -0.4 is 19.5 Å². The maximum atomic E-state index is 12.2. The first kappa shape index (κ1) is 16.9. The van der Waals surface area contributed by atoms with Crippen molar-refractivity contribution in [2.45, 2.75) is 6.42 Å². The number of ether oxygens (including phenoxy) is 3. The quantitative estimate of drug-likeness (QED) is 0.821. The van der Waals surface area contributed by atoms with Gasteiger partial charge in [-0.3, -0.25) is 4.79 Å². The molecular weight excluding hydrogens is 318 g/mol. The third-order valence-electron chi connectivity index (χ3n) is 3.82. The molecule has 1 aliphatic rings. The number of nitrogens with one attached hydrogen (secondary N) is 1. The van der Waals surface area contributed by atoms with E-state index >= 15 is 0 Å². The molecule has 0 atom stereocenters. The minimum Gasteiger partial charge on any atom is -0.496 e. The molecule has 3 rings (SSSR count). The predicted molar refractivity (Wildman–Crippen MR) is 96.4 cm³/mol. The summed E-state index contributed by atoms with van der Waals surface area (Å²) in [6.45, 7) is 1.72. The van der Waals surface area contributed by atoms with Crippen molar-refractivity contribution in [3.63, 3.8) is 0 Å². The number of fused-ring (bicyclic) bond motifs is 1. The summed E-state index contributed by atoms with van der Waals surface area (Å²) in [7, 11) is 1.56. The van der Waals surface area contributed by atoms with Gasteiger partial charge < -0.3 is 19.5 Å². The summed E-state index contributed by atoms with van der Waals surface area (Å²) in [5.74, 6) is 2.00. The largest absolute Gasteiger partial charge is 0.496 e. The van der Waals surface area contributed by atoms with E-state index in [1.807, 2.05) is 42.5 Å². The summed E-state index contributed by atoms with van der Waals surface area (Å²) >= 11 is 0. The van der Waals surface area contributed by atoms with E-state index in [0.29, 0.717) is 31.1 Å². The molecule has 25 heavy (non-hydrogen) atoms. The second-order valence-electron chi connectivity index (χ2n) is 5.55. The number of carbonyl (C=O) groups excluding carboxylic acids is 1. The van der Waals surface area contributed by atoms with Crippen LogP contribution in [0.1, 0.15) is 22.3 Å². The molecule has 0 saturated carbocycles. The third-order valence-corrected chi connectivity index (χ3v) is 3.82. The van der Waals surface area contributed by atoms with Gasteiger partial charge in [0.25, 0.3) is 5.91 Å². The Morgan fingerprint density at radius 1 is 1.16 bits per heavy atom. The fourth-order valence-electron chi connectivity index (χ4n) is 2.58. The lowest BCUT2D eigenvalue weighted by Crippen LogP contribution is -2.24. The summed E-state index contributed by atoms with van der Waals surface area (Å²) in [6, 6.07) is 13.0. The molecule has 0 aromatic heterocycles. The lowest BCUT2D eigenvalue weighted by atomic mass is 10.1. The Kier molecular flexibility index (Phi) is 5.57. The van der Waals surface area contributed by atoms with Crippen LogP contribution in [-0.4, -0.2) is 32.8 Å². The van der Waals surface area contributed by atoms with Crippen molar-refractivity contribution in [3.05, 3.63) is 59.7 Å². The molecule has 1 aliphatic heterocycles. The Morgan fingerprint density at radius 2 is 1.96 bits per heavy atom. The molecule has 0 fully saturated rings. The van der Waals surface area contributed by atoms with Crippen LogP contribution in [-0.2, 0) is 0 Å². The van der Waals surface area contributed by atoms with Gasteiger partial charge in [-0.2, -0.15) is 0 Å². The first-order chi connectivity index (χ1) is 12.3. The zero-order valence-electron chi connectivity index (χ0n) is 14.2. The Morgan fingerprint density at radius 3 is 2.80 bits per heavy atom. The molecule has 0 saturated heterocycles. The van der Waals surface area contributed by atoms with Crippen LogP contribution >= 0.6 is 0 Å². The normalized spacial score (nSPS) is 12.8. The van der Waals surface area contributed by atoms with Crippen LogP contribution in [0.5, 0.6) is 17.2 Å². The van der Waals surface area contributed by atoms with Crippen molar-refractivity contribution < 1.29 is 19.0 Å². The highest BCUT2D eigenvalue weighted by Crippen LogP contribution is 2.31. The van der Waals surface area contributed by atoms with E-state index in [4.69, 9.17) is 14.2 Å². The van der Waals surface area contributed by atoms with Crippen molar-refractivity contribution in [3.8, 4) is 17.2 Å². The second-order valence-corrected chi connectivity index (χ2v) is 5.55. The molecular formula is C20H21NO4. The van der Waals surface area contributed by atoms with Crippen LogP contribution in [0.15, 0.2) is 48.5 Å². The summed E-state index contributed by atoms with van der Waals surface area (Å²) in [5.41, 5.74) is 1.58. The van der Waals surface area contributed by atoms with Gasteiger partial charge in [-0.1, -0.05) is 30.4 Å². The van der Waals surface area contributed by atoms with Crippen molar-refractivity contribution >= 4 is 12.0 Å². The lowest BCUT2D eigenvalue weighted by Gasteiger charge is -2.18. The smallest absolute Gasteiger partial charge is 0.255 e. The van der Waals surface area contributed by atoms with E-state index in [1.54, 1.807) is 19.2 Å². The van der Waals surface area contributed by atoms with Crippen molar-refractivity contribution in [2.24, 2.45) is 0 Å². The fourth-order valence-corrected chi connectivity index (χ4v) is 2.58. The Hall–Kier alpha value is -2.95. The Balaban J connectivity index is 1.49. The monoisotopic (exact) mass is 339 g/mol. The van der Waals surface area contributed by atoms with E-state index in [1.165, 1.54) is 0 Å². The zero-order chi connectivity index (χ0) is 17.5. The van der Waals surface area contributed by atoms with Crippen LogP contribution in [0.2, 0.25) is 0 Å². The van der Waals surface area contributed by atoms with E-state index in [2.05, 4.69) is 5.32 Å². The fraction of sp³-hybridized carbons (Fsp3) is 0.250. The van der Waals surface area contributed by atoms with E-state index in [0.717, 1.165) is 23.5 Å². The molecule has 0 spiro atoms. The number of hydrogen-bond acceptors (Lipinski definition) is 4. The second kappa shape index (κ2) is 8.24. The highest BCUT2D eigenvalue weighted by molar-refractivity contribution is 5.96. The molecule has 5 heteroatoms. The van der Waals surface area contributed by atoms with Gasteiger partial charge in [-0.25, -0.2) is 0 Å². The van der Waals surface area contributed by atoms with Crippen molar-refractivity contribution in [1.29, 1.82) is 0 Å². The van der Waals surface area contributed by atoms with Gasteiger partial charge in [0.05, 0.1) is 12.7 Å². The van der Waals surface area contributed by atoms with Crippen LogP contribution in [0.4, 0.5) is 0 Å². The topological polar surface area (TPSA) is 56.8 Å². The molecule has 0 unspecified atom stereocenters. The number of carbonyl (C=O) groups is 1. The van der Waals surface area contributed by atoms with Gasteiger partial charge >= 0.3 is 0 Å². The van der Waals surface area contributed by atoms with Crippen LogP contribution in [0.3, 0.4) is 0 Å². The highest BCUT2D eigenvalue weighted by atomic mass is 16.6. The maximum absolute atomic E-state index is 12.2. The average molecular weight is 339 g/mol. The van der Waals surface area contributed by atoms with Crippen LogP contribution in [0, 0.1) is 0 Å². The predicted octanol–water partition coefficient (Wildman–Crippen LogP) is 3.30. The molecule has 0 bridgehead atoms. The molecule has 130 valence electrons. The summed E-state index contributed by atoms with van der Waals surface area (Å²) in [4.78, 5) is 12.2. The standard InChI is InChI=1S/C20H21NO4/c1-23-17-8-3-2-7-16(17)20(22)21-11-5-4-6-15-9-10-18-19(14-15)25-13-12-24-18/h2-4,6-10,14H,5,11-13H2,1H3,(H,21,22)/b6-4+. The van der Waals surface area contributed by atoms with Crippen molar-refractivity contribution in [1.82, 2.24) is 5.32 Å². The molecule has 2 aromatic rings. The number of hydrogen-bond donors (Lipinski definition) is 1. The molecule has 2 aromatic carbocycles. The van der Waals surface area contributed by atoms with Gasteiger partial charge in [0, 0.05) is 6.54 Å². The highest BCUT2D eigenvalue weighted by Gasteiger charge is 2.11. The van der Waals surface area contributed by atoms with Gasteiger partial charge in [-0.05, 0) is 36.2 Å². The van der Waals surface area contributed by atoms with E-state index < -0.39 is 0 Å². The number of methoxy groups -OCH3 is 1. The minimum atomic E-state index is -0.134. The third kappa shape index (κ3) is 4.32. The zero-order valence-corrected chi connectivity index (χ0v) is 14.2. The van der Waals surface area contributed by atoms with Gasteiger partial charge in [-0.15, -0.1) is 0 Å². The number of rotatable bonds is 6. The molecule has 5 nitrogen and oxygen atoms in total. The van der Waals surface area contributed by atoms with E-state index in [-0.39, 0.29) is 5.91 Å². The number of para-hydroxylation sites is 1. The molecule has 1 N–H and O–H groups in total. The minimum absolute atomic E-state index is 0.134. The van der Waals surface area contributed by atoms with Gasteiger partial charge in [0.1, 0.15) is 19.0 Å². The first-order valence-corrected chi connectivity index (χ1v) is 8.25. The Bertz CT molecular complexity index is 770. The molecule has 0 aliphatic carbocycles. The van der Waals surface area contributed by atoms with E-state index in [9.17, 15) is 4.79 Å². The number of benzene rings is 2. The summed E-state index contributed by atoms with van der Waals surface area (Å²) < 4.78 is 16.3. The van der Waals surface area contributed by atoms with Gasteiger partial charge in [0.2, 0.25) is 0 Å². The molecule has 1 amide bonds.